The maximum absolute atomic E-state index is 12.5. The molecule has 0 aliphatic carbocycles. The number of hydrogen-bond acceptors (Lipinski definition) is 2. The van der Waals surface area contributed by atoms with E-state index in [1.165, 1.54) is 12.8 Å². The van der Waals surface area contributed by atoms with Crippen molar-refractivity contribution in [2.24, 2.45) is 5.92 Å². The number of halogens is 1. The molecule has 1 aliphatic heterocycles. The number of nitrogens with one attached hydrogen (secondary N) is 2. The lowest BCUT2D eigenvalue weighted by atomic mass is 9.83. The number of amides is 1. The van der Waals surface area contributed by atoms with Crippen molar-refractivity contribution in [3.8, 4) is 0 Å². The fraction of sp³-hybridized carbons (Fsp3) is 0.588. The van der Waals surface area contributed by atoms with Crippen LogP contribution in [-0.2, 0) is 10.2 Å². The quantitative estimate of drug-likeness (QED) is 0.853. The lowest BCUT2D eigenvalue weighted by Crippen LogP contribution is -2.41. The summed E-state index contributed by atoms with van der Waals surface area (Å²) in [6.07, 6.45) is 3.59. The number of carbonyl (C=O) groups excluding carboxylic acids is 1. The van der Waals surface area contributed by atoms with E-state index in [9.17, 15) is 4.79 Å². The van der Waals surface area contributed by atoms with Gasteiger partial charge in [-0.05, 0) is 69.8 Å². The van der Waals surface area contributed by atoms with Crippen LogP contribution in [0.25, 0.3) is 0 Å². The molecular weight excluding hydrogens is 328 g/mol. The summed E-state index contributed by atoms with van der Waals surface area (Å²) in [5.41, 5.74) is 0.549. The summed E-state index contributed by atoms with van der Waals surface area (Å²) in [6, 6.07) is 7.99. The van der Waals surface area contributed by atoms with E-state index in [1.54, 1.807) is 0 Å². The van der Waals surface area contributed by atoms with Crippen molar-refractivity contribution < 1.29 is 4.79 Å². The average molecular weight is 353 g/mol. The minimum Gasteiger partial charge on any atom is -0.355 e. The van der Waals surface area contributed by atoms with Gasteiger partial charge in [-0.25, -0.2) is 0 Å². The molecule has 1 amide bonds. The molecule has 21 heavy (non-hydrogen) atoms. The highest BCUT2D eigenvalue weighted by Crippen LogP contribution is 2.25. The van der Waals surface area contributed by atoms with Crippen molar-refractivity contribution in [2.45, 2.75) is 38.5 Å². The van der Waals surface area contributed by atoms with E-state index < -0.39 is 5.41 Å². The number of benzene rings is 1. The molecule has 0 aromatic heterocycles. The molecule has 1 aromatic rings. The molecule has 116 valence electrons. The number of rotatable bonds is 5. The maximum atomic E-state index is 12.5. The van der Waals surface area contributed by atoms with Gasteiger partial charge in [0.1, 0.15) is 0 Å². The molecule has 0 radical (unpaired) electrons. The van der Waals surface area contributed by atoms with Crippen molar-refractivity contribution in [1.82, 2.24) is 10.6 Å². The van der Waals surface area contributed by atoms with Crippen LogP contribution in [-0.4, -0.2) is 25.5 Å². The van der Waals surface area contributed by atoms with Crippen molar-refractivity contribution >= 4 is 21.8 Å². The third-order valence-corrected chi connectivity index (χ3v) is 4.90. The minimum atomic E-state index is -0.495. The van der Waals surface area contributed by atoms with Crippen molar-refractivity contribution in [2.75, 3.05) is 19.6 Å². The standard InChI is InChI=1S/C17H25BrN2O/c1-17(2,14-5-7-15(18)8-6-14)16(21)20-11-9-13-4-3-10-19-12-13/h5-8,13,19H,3-4,9-12H2,1-2H3,(H,20,21). The Kier molecular flexibility index (Phi) is 5.82. The van der Waals surface area contributed by atoms with E-state index in [0.29, 0.717) is 5.92 Å². The fourth-order valence-corrected chi connectivity index (χ4v) is 3.04. The molecule has 4 heteroatoms. The van der Waals surface area contributed by atoms with Crippen molar-refractivity contribution in [1.29, 1.82) is 0 Å². The first-order valence-corrected chi connectivity index (χ1v) is 8.54. The Balaban J connectivity index is 1.84. The predicted octanol–water partition coefficient (Wildman–Crippen LogP) is 3.23. The van der Waals surface area contributed by atoms with Gasteiger partial charge in [0.25, 0.3) is 0 Å². The molecule has 1 fully saturated rings. The number of carbonyl (C=O) groups is 1. The second-order valence-corrected chi connectivity index (χ2v) is 7.30. The maximum Gasteiger partial charge on any atom is 0.230 e. The summed E-state index contributed by atoms with van der Waals surface area (Å²) in [7, 11) is 0. The van der Waals surface area contributed by atoms with E-state index >= 15 is 0 Å². The molecule has 1 saturated heterocycles. The van der Waals surface area contributed by atoms with Gasteiger partial charge in [0.15, 0.2) is 0 Å². The second kappa shape index (κ2) is 7.41. The normalized spacial score (nSPS) is 19.3. The van der Waals surface area contributed by atoms with Crippen LogP contribution in [0.3, 0.4) is 0 Å². The Bertz CT molecular complexity index is 464. The van der Waals surface area contributed by atoms with Crippen molar-refractivity contribution in [3.63, 3.8) is 0 Å². The Morgan fingerprint density at radius 3 is 2.71 bits per heavy atom. The molecule has 3 nitrogen and oxygen atoms in total. The van der Waals surface area contributed by atoms with Gasteiger partial charge in [0.05, 0.1) is 5.41 Å². The van der Waals surface area contributed by atoms with Crippen LogP contribution in [0.4, 0.5) is 0 Å². The minimum absolute atomic E-state index is 0.105. The molecule has 1 unspecified atom stereocenters. The van der Waals surface area contributed by atoms with Gasteiger partial charge in [-0.3, -0.25) is 4.79 Å². The monoisotopic (exact) mass is 352 g/mol. The predicted molar refractivity (Wildman–Crippen MR) is 90.4 cm³/mol. The number of hydrogen-bond donors (Lipinski definition) is 2. The lowest BCUT2D eigenvalue weighted by Gasteiger charge is -2.26. The van der Waals surface area contributed by atoms with Crippen LogP contribution in [0.2, 0.25) is 0 Å². The van der Waals surface area contributed by atoms with Gasteiger partial charge in [0, 0.05) is 11.0 Å². The third-order valence-electron chi connectivity index (χ3n) is 4.37. The van der Waals surface area contributed by atoms with Crippen LogP contribution in [0.15, 0.2) is 28.7 Å². The molecule has 2 rings (SSSR count). The first kappa shape index (κ1) is 16.5. The van der Waals surface area contributed by atoms with Gasteiger partial charge >= 0.3 is 0 Å². The zero-order chi connectivity index (χ0) is 15.3. The third kappa shape index (κ3) is 4.55. The van der Waals surface area contributed by atoms with Gasteiger partial charge in [-0.1, -0.05) is 28.1 Å². The van der Waals surface area contributed by atoms with Crippen LogP contribution < -0.4 is 10.6 Å². The molecular formula is C17H25BrN2O. The number of piperidine rings is 1. The average Bonchev–Trinajstić information content (AvgIpc) is 2.48. The molecule has 0 saturated carbocycles. The first-order chi connectivity index (χ1) is 10.00. The Hall–Kier alpha value is -0.870. The highest BCUT2D eigenvalue weighted by atomic mass is 79.9. The van der Waals surface area contributed by atoms with Crippen LogP contribution >= 0.6 is 15.9 Å². The highest BCUT2D eigenvalue weighted by Gasteiger charge is 2.29. The summed E-state index contributed by atoms with van der Waals surface area (Å²) in [4.78, 5) is 12.5. The Labute approximate surface area is 136 Å². The fourth-order valence-electron chi connectivity index (χ4n) is 2.78. The van der Waals surface area contributed by atoms with Crippen LogP contribution in [0, 0.1) is 5.92 Å². The van der Waals surface area contributed by atoms with Crippen LogP contribution in [0.1, 0.15) is 38.7 Å². The second-order valence-electron chi connectivity index (χ2n) is 6.39. The first-order valence-electron chi connectivity index (χ1n) is 7.75. The largest absolute Gasteiger partial charge is 0.355 e. The molecule has 0 spiro atoms. The zero-order valence-electron chi connectivity index (χ0n) is 12.9. The van der Waals surface area contributed by atoms with Gasteiger partial charge in [-0.15, -0.1) is 0 Å². The molecule has 1 aromatic carbocycles. The Morgan fingerprint density at radius 1 is 1.38 bits per heavy atom. The van der Waals surface area contributed by atoms with Crippen LogP contribution in [0.5, 0.6) is 0 Å². The summed E-state index contributed by atoms with van der Waals surface area (Å²) in [5, 5.41) is 6.52. The van der Waals surface area contributed by atoms with Gasteiger partial charge < -0.3 is 10.6 Å². The molecule has 2 N–H and O–H groups in total. The highest BCUT2D eigenvalue weighted by molar-refractivity contribution is 9.10. The zero-order valence-corrected chi connectivity index (χ0v) is 14.5. The van der Waals surface area contributed by atoms with E-state index in [4.69, 9.17) is 0 Å². The van der Waals surface area contributed by atoms with E-state index in [2.05, 4.69) is 26.6 Å². The smallest absolute Gasteiger partial charge is 0.230 e. The summed E-state index contributed by atoms with van der Waals surface area (Å²) in [6.45, 7) is 6.96. The van der Waals surface area contributed by atoms with Crippen molar-refractivity contribution in [3.05, 3.63) is 34.3 Å². The lowest BCUT2D eigenvalue weighted by molar-refractivity contribution is -0.125. The van der Waals surface area contributed by atoms with E-state index in [1.807, 2.05) is 38.1 Å². The van der Waals surface area contributed by atoms with E-state index in [0.717, 1.165) is 36.1 Å². The molecule has 0 bridgehead atoms. The SMILES string of the molecule is CC(C)(C(=O)NCCC1CCCNC1)c1ccc(Br)cc1. The topological polar surface area (TPSA) is 41.1 Å². The molecule has 1 heterocycles. The summed E-state index contributed by atoms with van der Waals surface area (Å²) >= 11 is 3.43. The summed E-state index contributed by atoms with van der Waals surface area (Å²) in [5.74, 6) is 0.809. The summed E-state index contributed by atoms with van der Waals surface area (Å²) < 4.78 is 1.03. The molecule has 1 aliphatic rings. The van der Waals surface area contributed by atoms with E-state index in [-0.39, 0.29) is 5.91 Å². The van der Waals surface area contributed by atoms with Gasteiger partial charge in [-0.2, -0.15) is 0 Å². The van der Waals surface area contributed by atoms with Gasteiger partial charge in [0.2, 0.25) is 5.91 Å². The Morgan fingerprint density at radius 2 is 2.10 bits per heavy atom. The molecule has 1 atom stereocenters.